The molecule has 0 aliphatic carbocycles. The smallest absolute Gasteiger partial charge is 0.0894 e. The van der Waals surface area contributed by atoms with Crippen LogP contribution in [-0.2, 0) is 13.5 Å². The molecule has 0 atom stereocenters. The summed E-state index contributed by atoms with van der Waals surface area (Å²) in [6.45, 7) is 0.622. The summed E-state index contributed by atoms with van der Waals surface area (Å²) in [5.41, 5.74) is 7.62. The maximum Gasteiger partial charge on any atom is 0.0894 e. The first kappa shape index (κ1) is 8.19. The minimum atomic E-state index is 0.622. The fourth-order valence-electron chi connectivity index (χ4n) is 1.52. The van der Waals surface area contributed by atoms with Gasteiger partial charge in [-0.05, 0) is 12.6 Å². The van der Waals surface area contributed by atoms with Crippen LogP contribution in [-0.4, -0.2) is 21.3 Å². The van der Waals surface area contributed by atoms with Gasteiger partial charge in [-0.15, -0.1) is 0 Å². The van der Waals surface area contributed by atoms with Crippen LogP contribution < -0.4 is 5.73 Å². The second-order valence-electron chi connectivity index (χ2n) is 3.00. The van der Waals surface area contributed by atoms with Gasteiger partial charge in [-0.25, -0.2) is 0 Å². The first-order chi connectivity index (χ1) is 6.33. The number of nitrogens with zero attached hydrogens (tertiary/aromatic N) is 3. The fraction of sp³-hybridized carbons (Fsp3) is 0.333. The molecule has 0 aliphatic heterocycles. The third-order valence-corrected chi connectivity index (χ3v) is 2.11. The van der Waals surface area contributed by atoms with Crippen molar-refractivity contribution in [1.82, 2.24) is 14.8 Å². The van der Waals surface area contributed by atoms with Gasteiger partial charge < -0.3 is 5.73 Å². The van der Waals surface area contributed by atoms with Gasteiger partial charge in [-0.3, -0.25) is 9.67 Å². The van der Waals surface area contributed by atoms with Crippen molar-refractivity contribution < 1.29 is 0 Å². The van der Waals surface area contributed by atoms with Gasteiger partial charge >= 0.3 is 0 Å². The quantitative estimate of drug-likeness (QED) is 0.723. The molecule has 0 fully saturated rings. The average molecular weight is 176 g/mol. The van der Waals surface area contributed by atoms with Crippen molar-refractivity contribution in [3.63, 3.8) is 0 Å². The Morgan fingerprint density at radius 1 is 1.54 bits per heavy atom. The molecule has 0 aliphatic rings. The highest BCUT2D eigenvalue weighted by Gasteiger charge is 2.05. The molecule has 68 valence electrons. The lowest BCUT2D eigenvalue weighted by Gasteiger charge is -2.01. The van der Waals surface area contributed by atoms with Crippen LogP contribution in [0.25, 0.3) is 10.9 Å². The topological polar surface area (TPSA) is 56.7 Å². The van der Waals surface area contributed by atoms with Crippen molar-refractivity contribution >= 4 is 10.9 Å². The summed E-state index contributed by atoms with van der Waals surface area (Å²) in [4.78, 5) is 4.29. The molecule has 2 heterocycles. The number of rotatable bonds is 2. The Kier molecular flexibility index (Phi) is 1.98. The third-order valence-electron chi connectivity index (χ3n) is 2.11. The highest BCUT2D eigenvalue weighted by atomic mass is 15.3. The second kappa shape index (κ2) is 3.14. The summed E-state index contributed by atoms with van der Waals surface area (Å²) in [6, 6.07) is 1.96. The molecule has 0 saturated heterocycles. The zero-order valence-corrected chi connectivity index (χ0v) is 7.57. The van der Waals surface area contributed by atoms with Crippen LogP contribution >= 0.6 is 0 Å². The average Bonchev–Trinajstić information content (AvgIpc) is 2.50. The van der Waals surface area contributed by atoms with E-state index in [-0.39, 0.29) is 0 Å². The number of hydrogen-bond donors (Lipinski definition) is 1. The first-order valence-electron chi connectivity index (χ1n) is 4.28. The largest absolute Gasteiger partial charge is 0.330 e. The van der Waals surface area contributed by atoms with Gasteiger partial charge in [-0.2, -0.15) is 5.10 Å². The number of nitrogens with two attached hydrogens (primary N) is 1. The zero-order valence-electron chi connectivity index (χ0n) is 7.57. The molecule has 4 nitrogen and oxygen atoms in total. The van der Waals surface area contributed by atoms with Crippen molar-refractivity contribution in [2.45, 2.75) is 6.42 Å². The molecule has 0 unspecified atom stereocenters. The summed E-state index contributed by atoms with van der Waals surface area (Å²) in [5, 5.41) is 5.30. The summed E-state index contributed by atoms with van der Waals surface area (Å²) in [6.07, 6.45) is 4.45. The molecule has 4 heteroatoms. The monoisotopic (exact) mass is 176 g/mol. The standard InChI is InChI=1S/C9H12N4/c1-13-9-7(6-12-13)3-5-11-8(9)2-4-10/h3,5-6H,2,4,10H2,1H3. The lowest BCUT2D eigenvalue weighted by atomic mass is 10.2. The molecule has 0 amide bonds. The summed E-state index contributed by atoms with van der Waals surface area (Å²) >= 11 is 0. The van der Waals surface area contributed by atoms with Crippen LogP contribution in [0.2, 0.25) is 0 Å². The van der Waals surface area contributed by atoms with Crippen molar-refractivity contribution in [3.8, 4) is 0 Å². The van der Waals surface area contributed by atoms with E-state index in [2.05, 4.69) is 10.1 Å². The molecule has 13 heavy (non-hydrogen) atoms. The summed E-state index contributed by atoms with van der Waals surface area (Å²) in [7, 11) is 1.92. The van der Waals surface area contributed by atoms with Crippen LogP contribution in [0.3, 0.4) is 0 Å². The Bertz CT molecular complexity index is 418. The molecule has 0 saturated carbocycles. The molecule has 2 aromatic heterocycles. The zero-order chi connectivity index (χ0) is 9.26. The van der Waals surface area contributed by atoms with Crippen molar-refractivity contribution in [3.05, 3.63) is 24.2 Å². The first-order valence-corrected chi connectivity index (χ1v) is 4.28. The third kappa shape index (κ3) is 1.29. The van der Waals surface area contributed by atoms with Crippen LogP contribution in [0, 0.1) is 0 Å². The van der Waals surface area contributed by atoms with Crippen LogP contribution in [0.1, 0.15) is 5.69 Å². The molecular weight excluding hydrogens is 164 g/mol. The SMILES string of the molecule is Cn1ncc2ccnc(CCN)c21. The maximum atomic E-state index is 5.50. The normalized spacial score (nSPS) is 10.9. The van der Waals surface area contributed by atoms with Gasteiger partial charge in [0.2, 0.25) is 0 Å². The predicted octanol–water partition coefficient (Wildman–Crippen LogP) is 0.470. The van der Waals surface area contributed by atoms with Crippen molar-refractivity contribution in [2.24, 2.45) is 12.8 Å². The van der Waals surface area contributed by atoms with Crippen LogP contribution in [0.5, 0.6) is 0 Å². The second-order valence-corrected chi connectivity index (χ2v) is 3.00. The van der Waals surface area contributed by atoms with Gasteiger partial charge in [0.05, 0.1) is 17.4 Å². The fourth-order valence-corrected chi connectivity index (χ4v) is 1.52. The number of hydrogen-bond acceptors (Lipinski definition) is 3. The number of fused-ring (bicyclic) bond motifs is 1. The molecule has 0 bridgehead atoms. The van der Waals surface area contributed by atoms with E-state index in [0.717, 1.165) is 23.0 Å². The highest BCUT2D eigenvalue weighted by Crippen LogP contribution is 2.15. The Hall–Kier alpha value is -1.42. The minimum Gasteiger partial charge on any atom is -0.330 e. The molecule has 2 aromatic rings. The molecule has 0 aromatic carbocycles. The van der Waals surface area contributed by atoms with Gasteiger partial charge in [-0.1, -0.05) is 0 Å². The van der Waals surface area contributed by atoms with E-state index < -0.39 is 0 Å². The summed E-state index contributed by atoms with van der Waals surface area (Å²) < 4.78 is 1.84. The Labute approximate surface area is 76.4 Å². The molecule has 2 rings (SSSR count). The molecule has 0 radical (unpaired) electrons. The predicted molar refractivity (Wildman–Crippen MR) is 51.3 cm³/mol. The van der Waals surface area contributed by atoms with E-state index in [1.54, 1.807) is 6.20 Å². The summed E-state index contributed by atoms with van der Waals surface area (Å²) in [5.74, 6) is 0. The van der Waals surface area contributed by atoms with Crippen LogP contribution in [0.4, 0.5) is 0 Å². The van der Waals surface area contributed by atoms with Gasteiger partial charge in [0.15, 0.2) is 0 Å². The van der Waals surface area contributed by atoms with E-state index >= 15 is 0 Å². The highest BCUT2D eigenvalue weighted by molar-refractivity contribution is 5.80. The van der Waals surface area contributed by atoms with E-state index in [0.29, 0.717) is 6.54 Å². The molecule has 2 N–H and O–H groups in total. The lowest BCUT2D eigenvalue weighted by molar-refractivity contribution is 0.785. The van der Waals surface area contributed by atoms with Gasteiger partial charge in [0.25, 0.3) is 0 Å². The Morgan fingerprint density at radius 2 is 2.38 bits per heavy atom. The number of aryl methyl sites for hydroxylation is 1. The van der Waals surface area contributed by atoms with E-state index in [1.807, 2.05) is 24.0 Å². The number of aromatic nitrogens is 3. The van der Waals surface area contributed by atoms with Gasteiger partial charge in [0, 0.05) is 25.1 Å². The Morgan fingerprint density at radius 3 is 3.15 bits per heavy atom. The minimum absolute atomic E-state index is 0.622. The molecular formula is C9H12N4. The maximum absolute atomic E-state index is 5.50. The van der Waals surface area contributed by atoms with E-state index in [4.69, 9.17) is 5.73 Å². The lowest BCUT2D eigenvalue weighted by Crippen LogP contribution is -2.06. The van der Waals surface area contributed by atoms with Crippen LogP contribution in [0.15, 0.2) is 18.5 Å². The van der Waals surface area contributed by atoms with Crippen molar-refractivity contribution in [1.29, 1.82) is 0 Å². The Balaban J connectivity index is 2.65. The van der Waals surface area contributed by atoms with Crippen molar-refractivity contribution in [2.75, 3.05) is 6.54 Å². The van der Waals surface area contributed by atoms with Gasteiger partial charge in [0.1, 0.15) is 0 Å². The van der Waals surface area contributed by atoms with E-state index in [9.17, 15) is 0 Å². The van der Waals surface area contributed by atoms with E-state index in [1.165, 1.54) is 0 Å². The molecule has 0 spiro atoms. The number of pyridine rings is 1.